The average Bonchev–Trinajstić information content (AvgIpc) is 2.65. The molecule has 0 spiro atoms. The van der Waals surface area contributed by atoms with Crippen LogP contribution in [0.5, 0.6) is 5.75 Å². The Balaban J connectivity index is 2.77. The van der Waals surface area contributed by atoms with Crippen molar-refractivity contribution in [2.24, 2.45) is 5.92 Å². The molecule has 2 amide bonds. The SMILES string of the molecule is CCOc1ccc(/C=C/C(=O)N(CCNC(C)=O)CC(C)C(=O)OC)cc1. The van der Waals surface area contributed by atoms with Gasteiger partial charge in [0.05, 0.1) is 19.6 Å². The van der Waals surface area contributed by atoms with E-state index < -0.39 is 5.92 Å². The monoisotopic (exact) mass is 376 g/mol. The molecule has 1 N–H and O–H groups in total. The fourth-order valence-electron chi connectivity index (χ4n) is 2.38. The van der Waals surface area contributed by atoms with Gasteiger partial charge < -0.3 is 19.7 Å². The van der Waals surface area contributed by atoms with Crippen molar-refractivity contribution < 1.29 is 23.9 Å². The Hall–Kier alpha value is -2.83. The highest BCUT2D eigenvalue weighted by Gasteiger charge is 2.20. The molecule has 27 heavy (non-hydrogen) atoms. The van der Waals surface area contributed by atoms with Gasteiger partial charge in [0.2, 0.25) is 11.8 Å². The minimum atomic E-state index is -0.463. The molecule has 7 nitrogen and oxygen atoms in total. The van der Waals surface area contributed by atoms with Crippen molar-refractivity contribution in [1.82, 2.24) is 10.2 Å². The molecule has 1 unspecified atom stereocenters. The maximum Gasteiger partial charge on any atom is 0.310 e. The lowest BCUT2D eigenvalue weighted by Crippen LogP contribution is -2.41. The van der Waals surface area contributed by atoms with E-state index in [1.54, 1.807) is 13.0 Å². The summed E-state index contributed by atoms with van der Waals surface area (Å²) in [5, 5.41) is 2.65. The van der Waals surface area contributed by atoms with Gasteiger partial charge >= 0.3 is 5.97 Å². The smallest absolute Gasteiger partial charge is 0.310 e. The minimum Gasteiger partial charge on any atom is -0.494 e. The number of hydrogen-bond acceptors (Lipinski definition) is 5. The molecule has 1 rings (SSSR count). The van der Waals surface area contributed by atoms with E-state index in [9.17, 15) is 14.4 Å². The fraction of sp³-hybridized carbons (Fsp3) is 0.450. The predicted octanol–water partition coefficient (Wildman–Crippen LogP) is 1.87. The van der Waals surface area contributed by atoms with E-state index in [-0.39, 0.29) is 24.3 Å². The van der Waals surface area contributed by atoms with E-state index in [0.717, 1.165) is 11.3 Å². The van der Waals surface area contributed by atoms with E-state index in [2.05, 4.69) is 5.32 Å². The molecule has 1 aromatic rings. The van der Waals surface area contributed by atoms with Crippen molar-refractivity contribution in [2.75, 3.05) is 33.4 Å². The molecule has 0 aliphatic heterocycles. The topological polar surface area (TPSA) is 84.9 Å². The van der Waals surface area contributed by atoms with Crippen molar-refractivity contribution in [3.8, 4) is 5.75 Å². The number of esters is 1. The Morgan fingerprint density at radius 2 is 1.89 bits per heavy atom. The summed E-state index contributed by atoms with van der Waals surface area (Å²) < 4.78 is 10.1. The van der Waals surface area contributed by atoms with Crippen LogP contribution in [0.2, 0.25) is 0 Å². The van der Waals surface area contributed by atoms with Gasteiger partial charge in [0.25, 0.3) is 0 Å². The summed E-state index contributed by atoms with van der Waals surface area (Å²) in [7, 11) is 1.31. The zero-order chi connectivity index (χ0) is 20.2. The van der Waals surface area contributed by atoms with Crippen LogP contribution in [0.4, 0.5) is 0 Å². The first-order valence-corrected chi connectivity index (χ1v) is 8.89. The molecule has 0 saturated heterocycles. The third-order valence-electron chi connectivity index (χ3n) is 3.77. The maximum absolute atomic E-state index is 12.6. The lowest BCUT2D eigenvalue weighted by Gasteiger charge is -2.24. The zero-order valence-corrected chi connectivity index (χ0v) is 16.4. The van der Waals surface area contributed by atoms with Gasteiger partial charge in [0.1, 0.15) is 5.75 Å². The molecule has 148 valence electrons. The molecular weight excluding hydrogens is 348 g/mol. The number of nitrogens with zero attached hydrogens (tertiary/aromatic N) is 1. The van der Waals surface area contributed by atoms with E-state index in [4.69, 9.17) is 9.47 Å². The van der Waals surface area contributed by atoms with E-state index >= 15 is 0 Å². The second-order valence-corrected chi connectivity index (χ2v) is 6.03. The highest BCUT2D eigenvalue weighted by atomic mass is 16.5. The fourth-order valence-corrected chi connectivity index (χ4v) is 2.38. The number of nitrogens with one attached hydrogen (secondary N) is 1. The normalized spacial score (nSPS) is 11.7. The summed E-state index contributed by atoms with van der Waals surface area (Å²) in [6.45, 7) is 6.43. The third-order valence-corrected chi connectivity index (χ3v) is 3.77. The number of benzene rings is 1. The lowest BCUT2D eigenvalue weighted by atomic mass is 10.1. The largest absolute Gasteiger partial charge is 0.494 e. The summed E-state index contributed by atoms with van der Waals surface area (Å²) >= 11 is 0. The first-order valence-electron chi connectivity index (χ1n) is 8.89. The highest BCUT2D eigenvalue weighted by molar-refractivity contribution is 5.92. The molecule has 0 heterocycles. The van der Waals surface area contributed by atoms with Crippen molar-refractivity contribution >= 4 is 23.9 Å². The first kappa shape index (κ1) is 22.2. The molecule has 0 aliphatic rings. The van der Waals surface area contributed by atoms with Crippen molar-refractivity contribution in [2.45, 2.75) is 20.8 Å². The summed E-state index contributed by atoms with van der Waals surface area (Å²) in [5.74, 6) is -0.499. The van der Waals surface area contributed by atoms with E-state index in [0.29, 0.717) is 19.7 Å². The van der Waals surface area contributed by atoms with Crippen LogP contribution in [-0.4, -0.2) is 56.0 Å². The van der Waals surface area contributed by atoms with Crippen molar-refractivity contribution in [3.05, 3.63) is 35.9 Å². The summed E-state index contributed by atoms with van der Waals surface area (Å²) in [5.41, 5.74) is 0.856. The van der Waals surface area contributed by atoms with Gasteiger partial charge in [-0.3, -0.25) is 14.4 Å². The minimum absolute atomic E-state index is 0.173. The highest BCUT2D eigenvalue weighted by Crippen LogP contribution is 2.13. The van der Waals surface area contributed by atoms with Crippen LogP contribution in [0.1, 0.15) is 26.3 Å². The van der Waals surface area contributed by atoms with Gasteiger partial charge in [-0.05, 0) is 30.7 Å². The van der Waals surface area contributed by atoms with E-state index in [1.807, 2.05) is 31.2 Å². The Labute approximate surface area is 160 Å². The van der Waals surface area contributed by atoms with Gasteiger partial charge in [-0.2, -0.15) is 0 Å². The number of rotatable bonds is 10. The van der Waals surface area contributed by atoms with Crippen molar-refractivity contribution in [3.63, 3.8) is 0 Å². The molecule has 1 aromatic carbocycles. The maximum atomic E-state index is 12.6. The summed E-state index contributed by atoms with van der Waals surface area (Å²) in [6.07, 6.45) is 3.15. The Kier molecular flexibility index (Phi) is 9.64. The Bertz CT molecular complexity index is 655. The van der Waals surface area contributed by atoms with Crippen LogP contribution in [0.25, 0.3) is 6.08 Å². The number of ether oxygens (including phenoxy) is 2. The molecule has 0 fully saturated rings. The standard InChI is InChI=1S/C20H28N2O5/c1-5-27-18-9-6-17(7-10-18)8-11-19(24)22(13-12-21-16(3)23)14-15(2)20(25)26-4/h6-11,15H,5,12-14H2,1-4H3,(H,21,23)/b11-8+. The predicted molar refractivity (Wildman–Crippen MR) is 103 cm³/mol. The van der Waals surface area contributed by atoms with Crippen molar-refractivity contribution in [1.29, 1.82) is 0 Å². The van der Waals surface area contributed by atoms with Gasteiger partial charge in [-0.15, -0.1) is 0 Å². The number of carbonyl (C=O) groups excluding carboxylic acids is 3. The summed E-state index contributed by atoms with van der Waals surface area (Å²) in [4.78, 5) is 36.8. The molecule has 0 aliphatic carbocycles. The van der Waals surface area contributed by atoms with Crippen LogP contribution in [0.3, 0.4) is 0 Å². The van der Waals surface area contributed by atoms with Crippen LogP contribution in [0.15, 0.2) is 30.3 Å². The van der Waals surface area contributed by atoms with Crippen LogP contribution >= 0.6 is 0 Å². The molecule has 1 atom stereocenters. The summed E-state index contributed by atoms with van der Waals surface area (Å²) in [6, 6.07) is 7.38. The molecular formula is C20H28N2O5. The average molecular weight is 376 g/mol. The molecule has 0 radical (unpaired) electrons. The van der Waals surface area contributed by atoms with Gasteiger partial charge in [0, 0.05) is 32.6 Å². The molecule has 7 heteroatoms. The number of hydrogen-bond donors (Lipinski definition) is 1. The van der Waals surface area contributed by atoms with Crippen LogP contribution in [-0.2, 0) is 19.1 Å². The first-order chi connectivity index (χ1) is 12.9. The third kappa shape index (κ3) is 8.40. The Morgan fingerprint density at radius 1 is 1.22 bits per heavy atom. The molecule has 0 bridgehead atoms. The van der Waals surface area contributed by atoms with Gasteiger partial charge in [-0.25, -0.2) is 0 Å². The van der Waals surface area contributed by atoms with Crippen LogP contribution < -0.4 is 10.1 Å². The number of carbonyl (C=O) groups is 3. The van der Waals surface area contributed by atoms with Crippen LogP contribution in [0, 0.1) is 5.92 Å². The number of methoxy groups -OCH3 is 1. The second kappa shape index (κ2) is 11.7. The zero-order valence-electron chi connectivity index (χ0n) is 16.4. The Morgan fingerprint density at radius 3 is 2.44 bits per heavy atom. The quantitative estimate of drug-likeness (QED) is 0.498. The molecule has 0 saturated carbocycles. The lowest BCUT2D eigenvalue weighted by molar-refractivity contribution is -0.146. The second-order valence-electron chi connectivity index (χ2n) is 6.03. The number of amides is 2. The van der Waals surface area contributed by atoms with Gasteiger partial charge in [-0.1, -0.05) is 19.1 Å². The molecule has 0 aromatic heterocycles. The van der Waals surface area contributed by atoms with E-state index in [1.165, 1.54) is 25.0 Å². The van der Waals surface area contributed by atoms with Gasteiger partial charge in [0.15, 0.2) is 0 Å².